The van der Waals surface area contributed by atoms with Crippen molar-refractivity contribution in [3.63, 3.8) is 0 Å². The highest BCUT2D eigenvalue weighted by molar-refractivity contribution is 5.01. The minimum Gasteiger partial charge on any atom is -0.383 e. The van der Waals surface area contributed by atoms with E-state index in [1.165, 1.54) is 0 Å². The Labute approximate surface area is 120 Å². The summed E-state index contributed by atoms with van der Waals surface area (Å²) in [6.07, 6.45) is -1.14. The quantitative estimate of drug-likeness (QED) is 0.613. The zero-order chi connectivity index (χ0) is 15.1. The van der Waals surface area contributed by atoms with Crippen molar-refractivity contribution in [3.05, 3.63) is 0 Å². The summed E-state index contributed by atoms with van der Waals surface area (Å²) in [5.74, 6) is 0. The lowest BCUT2D eigenvalue weighted by Gasteiger charge is -2.47. The molecule has 1 fully saturated rings. The molecule has 120 valence electrons. The molecule has 7 nitrogen and oxygen atoms in total. The van der Waals surface area contributed by atoms with Crippen molar-refractivity contribution < 1.29 is 28.4 Å². The highest BCUT2D eigenvalue weighted by Crippen LogP contribution is 2.25. The van der Waals surface area contributed by atoms with Gasteiger partial charge in [0, 0.05) is 42.7 Å². The Bertz CT molecular complexity index is 263. The van der Waals surface area contributed by atoms with Crippen molar-refractivity contribution in [1.82, 2.24) is 5.32 Å². The van der Waals surface area contributed by atoms with Gasteiger partial charge in [-0.2, -0.15) is 0 Å². The molecule has 1 N–H and O–H groups in total. The van der Waals surface area contributed by atoms with Gasteiger partial charge >= 0.3 is 0 Å². The Balaban J connectivity index is 2.99. The first-order chi connectivity index (χ1) is 9.68. The van der Waals surface area contributed by atoms with Gasteiger partial charge in [0.25, 0.3) is 0 Å². The summed E-state index contributed by atoms with van der Waals surface area (Å²) in [6, 6.07) is -0.231. The van der Waals surface area contributed by atoms with E-state index >= 15 is 0 Å². The van der Waals surface area contributed by atoms with Crippen LogP contribution in [0, 0.1) is 0 Å². The summed E-state index contributed by atoms with van der Waals surface area (Å²) in [7, 11) is 9.77. The maximum Gasteiger partial charge on any atom is 0.174 e. The maximum atomic E-state index is 5.59. The van der Waals surface area contributed by atoms with Crippen molar-refractivity contribution in [1.29, 1.82) is 0 Å². The van der Waals surface area contributed by atoms with Crippen molar-refractivity contribution in [2.24, 2.45) is 0 Å². The first-order valence-electron chi connectivity index (χ1n) is 6.57. The topological polar surface area (TPSA) is 67.4 Å². The van der Waals surface area contributed by atoms with Crippen LogP contribution in [0.1, 0.15) is 0 Å². The van der Waals surface area contributed by atoms with Crippen LogP contribution in [-0.2, 0) is 28.4 Å². The largest absolute Gasteiger partial charge is 0.383 e. The molecule has 0 aromatic heterocycles. The Morgan fingerprint density at radius 2 is 1.35 bits per heavy atom. The molecule has 7 heteroatoms. The first-order valence-corrected chi connectivity index (χ1v) is 6.57. The number of piperidine rings is 1. The van der Waals surface area contributed by atoms with E-state index in [0.29, 0.717) is 6.61 Å². The van der Waals surface area contributed by atoms with Crippen LogP contribution in [0.25, 0.3) is 0 Å². The van der Waals surface area contributed by atoms with Crippen LogP contribution in [-0.4, -0.2) is 86.0 Å². The van der Waals surface area contributed by atoms with Gasteiger partial charge in [0.05, 0.1) is 18.7 Å². The van der Waals surface area contributed by atoms with E-state index in [0.717, 1.165) is 0 Å². The molecule has 0 aromatic rings. The minimum atomic E-state index is -0.449. The van der Waals surface area contributed by atoms with Crippen molar-refractivity contribution in [2.45, 2.75) is 36.7 Å². The minimum absolute atomic E-state index is 0.0425. The molecule has 0 aromatic carbocycles. The van der Waals surface area contributed by atoms with Gasteiger partial charge in [0.15, 0.2) is 6.29 Å². The van der Waals surface area contributed by atoms with E-state index in [-0.39, 0.29) is 30.4 Å². The molecule has 1 heterocycles. The van der Waals surface area contributed by atoms with Gasteiger partial charge in [-0.05, 0) is 0 Å². The average Bonchev–Trinajstić information content (AvgIpc) is 2.48. The fourth-order valence-electron chi connectivity index (χ4n) is 2.85. The van der Waals surface area contributed by atoms with E-state index in [1.807, 2.05) is 0 Å². The molecule has 5 atom stereocenters. The highest BCUT2D eigenvalue weighted by atomic mass is 16.7. The summed E-state index contributed by atoms with van der Waals surface area (Å²) < 4.78 is 32.7. The van der Waals surface area contributed by atoms with Crippen LogP contribution in [0.5, 0.6) is 0 Å². The summed E-state index contributed by atoms with van der Waals surface area (Å²) in [5, 5.41) is 3.42. The summed E-state index contributed by atoms with van der Waals surface area (Å²) in [6.45, 7) is 0.492. The average molecular weight is 293 g/mol. The van der Waals surface area contributed by atoms with Crippen LogP contribution in [0.3, 0.4) is 0 Å². The van der Waals surface area contributed by atoms with Crippen LogP contribution < -0.4 is 5.32 Å². The molecule has 0 aliphatic carbocycles. The Morgan fingerprint density at radius 1 is 0.800 bits per heavy atom. The number of rotatable bonds is 8. The van der Waals surface area contributed by atoms with Crippen molar-refractivity contribution in [2.75, 3.05) is 49.3 Å². The van der Waals surface area contributed by atoms with E-state index in [4.69, 9.17) is 28.4 Å². The smallest absolute Gasteiger partial charge is 0.174 e. The third-order valence-corrected chi connectivity index (χ3v) is 3.73. The third-order valence-electron chi connectivity index (χ3n) is 3.73. The monoisotopic (exact) mass is 293 g/mol. The summed E-state index contributed by atoms with van der Waals surface area (Å²) in [5.41, 5.74) is 0. The van der Waals surface area contributed by atoms with Gasteiger partial charge in [0.1, 0.15) is 18.3 Å². The van der Waals surface area contributed by atoms with Gasteiger partial charge in [-0.25, -0.2) is 0 Å². The molecular formula is C13H27NO6. The molecule has 20 heavy (non-hydrogen) atoms. The second-order valence-corrected chi connectivity index (χ2v) is 4.70. The number of ether oxygens (including phenoxy) is 6. The van der Waals surface area contributed by atoms with Gasteiger partial charge < -0.3 is 28.4 Å². The molecule has 1 unspecified atom stereocenters. The lowest BCUT2D eigenvalue weighted by atomic mass is 9.89. The fourth-order valence-corrected chi connectivity index (χ4v) is 2.85. The molecule has 1 rings (SSSR count). The Kier molecular flexibility index (Phi) is 7.90. The van der Waals surface area contributed by atoms with Crippen molar-refractivity contribution in [3.8, 4) is 0 Å². The number of hydrogen-bond donors (Lipinski definition) is 1. The number of nitrogens with one attached hydrogen (secondary N) is 1. The Hall–Kier alpha value is -0.280. The van der Waals surface area contributed by atoms with E-state index < -0.39 is 6.29 Å². The lowest BCUT2D eigenvalue weighted by Crippen LogP contribution is -2.70. The molecule has 0 radical (unpaired) electrons. The van der Waals surface area contributed by atoms with E-state index in [1.54, 1.807) is 42.7 Å². The lowest BCUT2D eigenvalue weighted by molar-refractivity contribution is -0.209. The SMILES string of the molecule is COC[C@H]1NC(C(OC)OC)[C@H](OC)[C@@H](OC)[C@@H]1OC. The van der Waals surface area contributed by atoms with Gasteiger partial charge in [-0.1, -0.05) is 0 Å². The standard InChI is InChI=1S/C13H27NO6/c1-15-7-8-10(16-2)12(18-4)11(17-3)9(14-8)13(19-5)20-6/h8-14H,7H2,1-6H3/t8-,9?,10-,11+,12+/m1/s1. The molecule has 0 amide bonds. The molecule has 1 aliphatic rings. The highest BCUT2D eigenvalue weighted by Gasteiger charge is 2.48. The molecule has 0 spiro atoms. The molecule has 1 saturated heterocycles. The second kappa shape index (κ2) is 8.89. The van der Waals surface area contributed by atoms with Crippen LogP contribution in [0.2, 0.25) is 0 Å². The molecular weight excluding hydrogens is 266 g/mol. The summed E-state index contributed by atoms with van der Waals surface area (Å²) in [4.78, 5) is 0. The fraction of sp³-hybridized carbons (Fsp3) is 1.00. The zero-order valence-corrected chi connectivity index (χ0v) is 13.1. The summed E-state index contributed by atoms with van der Waals surface area (Å²) >= 11 is 0. The molecule has 0 bridgehead atoms. The van der Waals surface area contributed by atoms with Gasteiger partial charge in [0.2, 0.25) is 0 Å². The zero-order valence-electron chi connectivity index (χ0n) is 13.1. The van der Waals surface area contributed by atoms with Crippen LogP contribution in [0.4, 0.5) is 0 Å². The number of hydrogen-bond acceptors (Lipinski definition) is 7. The predicted molar refractivity (Wildman–Crippen MR) is 72.8 cm³/mol. The number of methoxy groups -OCH3 is 6. The predicted octanol–water partition coefficient (Wildman–Crippen LogP) is -0.363. The van der Waals surface area contributed by atoms with E-state index in [9.17, 15) is 0 Å². The van der Waals surface area contributed by atoms with Crippen molar-refractivity contribution >= 4 is 0 Å². The van der Waals surface area contributed by atoms with E-state index in [2.05, 4.69) is 5.32 Å². The molecule has 1 aliphatic heterocycles. The molecule has 0 saturated carbocycles. The first kappa shape index (κ1) is 17.8. The third kappa shape index (κ3) is 3.67. The normalized spacial score (nSPS) is 34.6. The van der Waals surface area contributed by atoms with Crippen LogP contribution in [0.15, 0.2) is 0 Å². The van der Waals surface area contributed by atoms with Gasteiger partial charge in [-0.15, -0.1) is 0 Å². The van der Waals surface area contributed by atoms with Crippen LogP contribution >= 0.6 is 0 Å². The second-order valence-electron chi connectivity index (χ2n) is 4.70. The van der Waals surface area contributed by atoms with Gasteiger partial charge in [-0.3, -0.25) is 5.32 Å². The maximum absolute atomic E-state index is 5.59. The Morgan fingerprint density at radius 3 is 1.75 bits per heavy atom.